The SMILES string of the molecule is CC1CN(Cc2cc(Br)cs2)CC(CO)O1. The summed E-state index contributed by atoms with van der Waals surface area (Å²) in [5, 5.41) is 11.2. The van der Waals surface area contributed by atoms with Crippen LogP contribution in [-0.2, 0) is 11.3 Å². The molecule has 2 rings (SSSR count). The molecule has 3 nitrogen and oxygen atoms in total. The zero-order valence-electron chi connectivity index (χ0n) is 9.23. The predicted octanol–water partition coefficient (Wildman–Crippen LogP) is 2.09. The Morgan fingerprint density at radius 1 is 1.62 bits per heavy atom. The van der Waals surface area contributed by atoms with Crippen molar-refractivity contribution in [3.63, 3.8) is 0 Å². The molecule has 0 bridgehead atoms. The molecule has 1 aliphatic rings. The Morgan fingerprint density at radius 3 is 3.06 bits per heavy atom. The van der Waals surface area contributed by atoms with E-state index in [2.05, 4.69) is 39.2 Å². The number of aliphatic hydroxyl groups excluding tert-OH is 1. The molecule has 5 heteroatoms. The maximum absolute atomic E-state index is 9.14. The van der Waals surface area contributed by atoms with Gasteiger partial charge >= 0.3 is 0 Å². The van der Waals surface area contributed by atoms with Gasteiger partial charge in [0.2, 0.25) is 0 Å². The van der Waals surface area contributed by atoms with Gasteiger partial charge < -0.3 is 9.84 Å². The fourth-order valence-corrected chi connectivity index (χ4v) is 3.52. The van der Waals surface area contributed by atoms with Crippen LogP contribution in [0.3, 0.4) is 0 Å². The molecule has 1 N–H and O–H groups in total. The van der Waals surface area contributed by atoms with E-state index in [1.807, 2.05) is 0 Å². The Kier molecular flexibility index (Phi) is 4.38. The summed E-state index contributed by atoms with van der Waals surface area (Å²) in [5.41, 5.74) is 0. The monoisotopic (exact) mass is 305 g/mol. The van der Waals surface area contributed by atoms with Gasteiger partial charge in [-0.2, -0.15) is 0 Å². The molecule has 0 aliphatic carbocycles. The van der Waals surface area contributed by atoms with Crippen LogP contribution in [0.1, 0.15) is 11.8 Å². The Bertz CT molecular complexity index is 344. The van der Waals surface area contributed by atoms with Crippen LogP contribution in [0.25, 0.3) is 0 Å². The van der Waals surface area contributed by atoms with Crippen LogP contribution in [0.15, 0.2) is 15.9 Å². The van der Waals surface area contributed by atoms with Crippen molar-refractivity contribution in [2.45, 2.75) is 25.7 Å². The van der Waals surface area contributed by atoms with Crippen LogP contribution in [0.4, 0.5) is 0 Å². The quantitative estimate of drug-likeness (QED) is 0.928. The van der Waals surface area contributed by atoms with Gasteiger partial charge in [-0.3, -0.25) is 4.90 Å². The highest BCUT2D eigenvalue weighted by atomic mass is 79.9. The lowest BCUT2D eigenvalue weighted by molar-refractivity contribution is -0.0970. The van der Waals surface area contributed by atoms with Crippen LogP contribution in [0, 0.1) is 0 Å². The van der Waals surface area contributed by atoms with Crippen LogP contribution in [0.2, 0.25) is 0 Å². The fraction of sp³-hybridized carbons (Fsp3) is 0.636. The van der Waals surface area contributed by atoms with Gasteiger partial charge in [-0.05, 0) is 28.9 Å². The van der Waals surface area contributed by atoms with E-state index in [0.29, 0.717) is 0 Å². The first-order valence-corrected chi connectivity index (χ1v) is 7.06. The molecule has 1 fully saturated rings. The lowest BCUT2D eigenvalue weighted by atomic mass is 10.2. The summed E-state index contributed by atoms with van der Waals surface area (Å²) < 4.78 is 6.76. The fourth-order valence-electron chi connectivity index (χ4n) is 2.03. The molecule has 1 aromatic heterocycles. The smallest absolute Gasteiger partial charge is 0.0936 e. The molecular weight excluding hydrogens is 290 g/mol. The van der Waals surface area contributed by atoms with Gasteiger partial charge in [-0.25, -0.2) is 0 Å². The molecule has 0 aromatic carbocycles. The van der Waals surface area contributed by atoms with Crippen LogP contribution in [-0.4, -0.2) is 41.9 Å². The second kappa shape index (κ2) is 5.60. The number of hydrogen-bond donors (Lipinski definition) is 1. The van der Waals surface area contributed by atoms with Crippen molar-refractivity contribution >= 4 is 27.3 Å². The largest absolute Gasteiger partial charge is 0.394 e. The molecule has 1 saturated heterocycles. The summed E-state index contributed by atoms with van der Waals surface area (Å²) in [5.74, 6) is 0. The molecule has 0 saturated carbocycles. The van der Waals surface area contributed by atoms with Gasteiger partial charge in [0.05, 0.1) is 18.8 Å². The number of halogens is 1. The molecule has 0 spiro atoms. The number of hydrogen-bond acceptors (Lipinski definition) is 4. The summed E-state index contributed by atoms with van der Waals surface area (Å²) in [7, 11) is 0. The van der Waals surface area contributed by atoms with Gasteiger partial charge in [-0.1, -0.05) is 0 Å². The van der Waals surface area contributed by atoms with Crippen molar-refractivity contribution < 1.29 is 9.84 Å². The second-order valence-electron chi connectivity index (χ2n) is 4.18. The minimum atomic E-state index is -0.0350. The minimum Gasteiger partial charge on any atom is -0.394 e. The average molecular weight is 306 g/mol. The van der Waals surface area contributed by atoms with E-state index in [1.54, 1.807) is 11.3 Å². The summed E-state index contributed by atoms with van der Waals surface area (Å²) in [6.45, 7) is 4.86. The molecule has 0 radical (unpaired) electrons. The van der Waals surface area contributed by atoms with Crippen molar-refractivity contribution in [1.29, 1.82) is 0 Å². The van der Waals surface area contributed by atoms with Gasteiger partial charge in [0.25, 0.3) is 0 Å². The van der Waals surface area contributed by atoms with E-state index in [-0.39, 0.29) is 18.8 Å². The van der Waals surface area contributed by atoms with E-state index in [4.69, 9.17) is 9.84 Å². The van der Waals surface area contributed by atoms with Crippen molar-refractivity contribution in [2.75, 3.05) is 19.7 Å². The second-order valence-corrected chi connectivity index (χ2v) is 6.09. The molecule has 0 amide bonds. The maximum atomic E-state index is 9.14. The highest BCUT2D eigenvalue weighted by Gasteiger charge is 2.24. The first-order valence-electron chi connectivity index (χ1n) is 5.39. The molecule has 16 heavy (non-hydrogen) atoms. The Morgan fingerprint density at radius 2 is 2.44 bits per heavy atom. The lowest BCUT2D eigenvalue weighted by Gasteiger charge is -2.35. The van der Waals surface area contributed by atoms with Crippen molar-refractivity contribution in [1.82, 2.24) is 4.90 Å². The van der Waals surface area contributed by atoms with Crippen LogP contribution < -0.4 is 0 Å². The molecule has 1 aromatic rings. The van der Waals surface area contributed by atoms with E-state index in [1.165, 1.54) is 4.88 Å². The van der Waals surface area contributed by atoms with Crippen LogP contribution in [0.5, 0.6) is 0 Å². The predicted molar refractivity (Wildman–Crippen MR) is 68.7 cm³/mol. The highest BCUT2D eigenvalue weighted by Crippen LogP contribution is 2.22. The lowest BCUT2D eigenvalue weighted by Crippen LogP contribution is -2.47. The normalized spacial score (nSPS) is 27.2. The third-order valence-corrected chi connectivity index (χ3v) is 4.29. The molecule has 2 atom stereocenters. The number of thiophene rings is 1. The number of morpholine rings is 1. The Labute approximate surface area is 108 Å². The minimum absolute atomic E-state index is 0.0350. The number of aliphatic hydroxyl groups is 1. The maximum Gasteiger partial charge on any atom is 0.0936 e. The van der Waals surface area contributed by atoms with E-state index in [9.17, 15) is 0 Å². The summed E-state index contributed by atoms with van der Waals surface area (Å²) in [6.07, 6.45) is 0.168. The third-order valence-electron chi connectivity index (χ3n) is 2.61. The molecule has 2 heterocycles. The topological polar surface area (TPSA) is 32.7 Å². The molecule has 1 aliphatic heterocycles. The summed E-state index contributed by atoms with van der Waals surface area (Å²) in [4.78, 5) is 3.69. The van der Waals surface area contributed by atoms with Crippen molar-refractivity contribution in [2.24, 2.45) is 0 Å². The van der Waals surface area contributed by atoms with Gasteiger partial charge in [0, 0.05) is 34.4 Å². The zero-order chi connectivity index (χ0) is 11.5. The zero-order valence-corrected chi connectivity index (χ0v) is 11.6. The molecular formula is C11H16BrNO2S. The third kappa shape index (κ3) is 3.28. The van der Waals surface area contributed by atoms with Crippen molar-refractivity contribution in [3.8, 4) is 0 Å². The number of ether oxygens (including phenoxy) is 1. The van der Waals surface area contributed by atoms with Crippen LogP contribution >= 0.6 is 27.3 Å². The first-order chi connectivity index (χ1) is 7.67. The Hall–Kier alpha value is 0.0600. The molecule has 2 unspecified atom stereocenters. The number of nitrogens with zero attached hydrogens (tertiary/aromatic N) is 1. The van der Waals surface area contributed by atoms with Gasteiger partial charge in [-0.15, -0.1) is 11.3 Å². The van der Waals surface area contributed by atoms with Gasteiger partial charge in [0.15, 0.2) is 0 Å². The van der Waals surface area contributed by atoms with E-state index < -0.39 is 0 Å². The number of rotatable bonds is 3. The van der Waals surface area contributed by atoms with Gasteiger partial charge in [0.1, 0.15) is 0 Å². The Balaban J connectivity index is 1.93. The average Bonchev–Trinajstić information content (AvgIpc) is 2.63. The standard InChI is InChI=1S/C11H16BrNO2S/c1-8-3-13(4-10(6-14)15-8)5-11-2-9(12)7-16-11/h2,7-8,10,14H,3-6H2,1H3. The van der Waals surface area contributed by atoms with E-state index in [0.717, 1.165) is 24.1 Å². The van der Waals surface area contributed by atoms with Crippen molar-refractivity contribution in [3.05, 3.63) is 20.8 Å². The highest BCUT2D eigenvalue weighted by molar-refractivity contribution is 9.10. The first kappa shape index (κ1) is 12.5. The summed E-state index contributed by atoms with van der Waals surface area (Å²) >= 11 is 5.22. The van der Waals surface area contributed by atoms with E-state index >= 15 is 0 Å². The summed E-state index contributed by atoms with van der Waals surface area (Å²) in [6, 6.07) is 2.15. The molecule has 90 valence electrons.